The van der Waals surface area contributed by atoms with Gasteiger partial charge in [-0.1, -0.05) is 12.1 Å². The lowest BCUT2D eigenvalue weighted by Crippen LogP contribution is -2.30. The first-order valence-corrected chi connectivity index (χ1v) is 7.47. The van der Waals surface area contributed by atoms with E-state index in [1.54, 1.807) is 39.0 Å². The van der Waals surface area contributed by atoms with Crippen molar-refractivity contribution in [3.8, 4) is 11.5 Å². The molecule has 1 aliphatic rings. The van der Waals surface area contributed by atoms with Gasteiger partial charge in [0.15, 0.2) is 11.5 Å². The molecule has 2 atom stereocenters. The molecule has 1 aromatic carbocycles. The Morgan fingerprint density at radius 3 is 2.65 bits per heavy atom. The van der Waals surface area contributed by atoms with Crippen molar-refractivity contribution >= 4 is 11.9 Å². The molecular weight excluding hydrogens is 300 g/mol. The quantitative estimate of drug-likeness (QED) is 0.839. The smallest absolute Gasteiger partial charge is 0.307 e. The van der Waals surface area contributed by atoms with Gasteiger partial charge in [-0.15, -0.1) is 0 Å². The van der Waals surface area contributed by atoms with Crippen LogP contribution in [-0.4, -0.2) is 36.4 Å². The van der Waals surface area contributed by atoms with Gasteiger partial charge in [-0.3, -0.25) is 9.59 Å². The maximum atomic E-state index is 12.0. The van der Waals surface area contributed by atoms with Crippen molar-refractivity contribution in [3.05, 3.63) is 23.8 Å². The van der Waals surface area contributed by atoms with E-state index < -0.39 is 29.4 Å². The van der Waals surface area contributed by atoms with Crippen LogP contribution in [0.5, 0.6) is 11.5 Å². The third-order valence-electron chi connectivity index (χ3n) is 3.65. The molecule has 0 amide bonds. The summed E-state index contributed by atoms with van der Waals surface area (Å²) in [6.07, 6.45) is -0.197. The third-order valence-corrected chi connectivity index (χ3v) is 3.65. The third kappa shape index (κ3) is 3.94. The number of esters is 1. The molecule has 0 bridgehead atoms. The Morgan fingerprint density at radius 1 is 1.39 bits per heavy atom. The van der Waals surface area contributed by atoms with Crippen LogP contribution in [0.3, 0.4) is 0 Å². The van der Waals surface area contributed by atoms with Crippen LogP contribution in [0.2, 0.25) is 0 Å². The molecule has 0 radical (unpaired) electrons. The molecular formula is C17H22O6. The number of para-hydroxylation sites is 1. The highest BCUT2D eigenvalue weighted by Gasteiger charge is 2.39. The zero-order chi connectivity index (χ0) is 17.2. The monoisotopic (exact) mass is 322 g/mol. The molecule has 0 fully saturated rings. The zero-order valence-electron chi connectivity index (χ0n) is 13.8. The molecule has 6 nitrogen and oxygen atoms in total. The Morgan fingerprint density at radius 2 is 2.09 bits per heavy atom. The maximum Gasteiger partial charge on any atom is 0.307 e. The van der Waals surface area contributed by atoms with Crippen LogP contribution in [-0.2, 0) is 14.3 Å². The van der Waals surface area contributed by atoms with E-state index in [2.05, 4.69) is 0 Å². The number of carbonyl (C=O) groups excluding carboxylic acids is 1. The minimum atomic E-state index is -1.04. The summed E-state index contributed by atoms with van der Waals surface area (Å²) in [6.45, 7) is 5.45. The van der Waals surface area contributed by atoms with E-state index in [-0.39, 0.29) is 13.0 Å². The van der Waals surface area contributed by atoms with Gasteiger partial charge in [-0.2, -0.15) is 0 Å². The second kappa shape index (κ2) is 6.48. The van der Waals surface area contributed by atoms with Gasteiger partial charge in [-0.05, 0) is 26.8 Å². The molecule has 23 heavy (non-hydrogen) atoms. The van der Waals surface area contributed by atoms with Crippen molar-refractivity contribution in [1.82, 2.24) is 0 Å². The van der Waals surface area contributed by atoms with Crippen LogP contribution in [0.4, 0.5) is 0 Å². The molecule has 0 spiro atoms. The Bertz CT molecular complexity index is 602. The number of fused-ring (bicyclic) bond motifs is 1. The van der Waals surface area contributed by atoms with Crippen molar-refractivity contribution < 1.29 is 28.9 Å². The zero-order valence-corrected chi connectivity index (χ0v) is 13.8. The van der Waals surface area contributed by atoms with E-state index >= 15 is 0 Å². The number of rotatable bonds is 5. The molecule has 1 aromatic rings. The molecule has 1 N–H and O–H groups in total. The van der Waals surface area contributed by atoms with Gasteiger partial charge in [0.25, 0.3) is 0 Å². The molecule has 0 saturated carbocycles. The summed E-state index contributed by atoms with van der Waals surface area (Å²) in [5.74, 6) is -1.77. The van der Waals surface area contributed by atoms with E-state index in [0.29, 0.717) is 11.5 Å². The van der Waals surface area contributed by atoms with Crippen molar-refractivity contribution in [3.63, 3.8) is 0 Å². The van der Waals surface area contributed by atoms with Gasteiger partial charge in [0, 0.05) is 11.5 Å². The number of aliphatic carboxylic acids is 1. The Labute approximate surface area is 135 Å². The maximum absolute atomic E-state index is 12.0. The first-order valence-electron chi connectivity index (χ1n) is 7.47. The van der Waals surface area contributed by atoms with Gasteiger partial charge in [0.1, 0.15) is 5.60 Å². The number of hydrogen-bond donors (Lipinski definition) is 1. The average Bonchev–Trinajstić information content (AvgIpc) is 2.86. The molecule has 0 aliphatic carbocycles. The van der Waals surface area contributed by atoms with Crippen LogP contribution in [0.15, 0.2) is 18.2 Å². The average molecular weight is 322 g/mol. The summed E-state index contributed by atoms with van der Waals surface area (Å²) < 4.78 is 16.1. The molecule has 0 saturated heterocycles. The van der Waals surface area contributed by atoms with Crippen LogP contribution in [0.1, 0.15) is 38.7 Å². The molecule has 1 heterocycles. The number of carboxylic acids is 1. The SMILES string of the molecule is COc1cccc2c1OC[C@@H]2[C@H](CC(=O)OC(C)(C)C)C(=O)O. The summed E-state index contributed by atoms with van der Waals surface area (Å²) in [5, 5.41) is 9.54. The van der Waals surface area contributed by atoms with Crippen molar-refractivity contribution in [2.45, 2.75) is 38.7 Å². The van der Waals surface area contributed by atoms with Crippen molar-refractivity contribution in [2.24, 2.45) is 5.92 Å². The van der Waals surface area contributed by atoms with Gasteiger partial charge in [-0.25, -0.2) is 0 Å². The van der Waals surface area contributed by atoms with Gasteiger partial charge < -0.3 is 19.3 Å². The summed E-state index contributed by atoms with van der Waals surface area (Å²) in [4.78, 5) is 23.7. The number of ether oxygens (including phenoxy) is 3. The second-order valence-electron chi connectivity index (χ2n) is 6.53. The number of carbonyl (C=O) groups is 2. The van der Waals surface area contributed by atoms with Crippen molar-refractivity contribution in [1.29, 1.82) is 0 Å². The van der Waals surface area contributed by atoms with Crippen LogP contribution in [0.25, 0.3) is 0 Å². The summed E-state index contributed by atoms with van der Waals surface area (Å²) >= 11 is 0. The van der Waals surface area contributed by atoms with Crippen molar-refractivity contribution in [2.75, 3.05) is 13.7 Å². The van der Waals surface area contributed by atoms with E-state index in [1.165, 1.54) is 7.11 Å². The fourth-order valence-corrected chi connectivity index (χ4v) is 2.70. The van der Waals surface area contributed by atoms with Gasteiger partial charge in [0.05, 0.1) is 26.1 Å². The van der Waals surface area contributed by atoms with Gasteiger partial charge >= 0.3 is 11.9 Å². The summed E-state index contributed by atoms with van der Waals surface area (Å²) in [7, 11) is 1.53. The Hall–Kier alpha value is -2.24. The standard InChI is InChI=1S/C17H22O6/c1-17(2,3)23-14(18)8-11(16(19)20)12-9-22-15-10(12)6-5-7-13(15)21-4/h5-7,11-12H,8-9H2,1-4H3,(H,19,20)/t11-,12-/m0/s1. The highest BCUT2D eigenvalue weighted by Crippen LogP contribution is 2.44. The highest BCUT2D eigenvalue weighted by molar-refractivity contribution is 5.80. The van der Waals surface area contributed by atoms with Crippen LogP contribution in [0, 0.1) is 5.92 Å². The second-order valence-corrected chi connectivity index (χ2v) is 6.53. The van der Waals surface area contributed by atoms with Gasteiger partial charge in [0.2, 0.25) is 0 Å². The number of methoxy groups -OCH3 is 1. The minimum absolute atomic E-state index is 0.197. The summed E-state index contributed by atoms with van der Waals surface area (Å²) in [5.41, 5.74) is 0.105. The number of benzene rings is 1. The van der Waals surface area contributed by atoms with Crippen LogP contribution < -0.4 is 9.47 Å². The fraction of sp³-hybridized carbons (Fsp3) is 0.529. The number of carboxylic acid groups (broad SMARTS) is 1. The highest BCUT2D eigenvalue weighted by atomic mass is 16.6. The fourth-order valence-electron chi connectivity index (χ4n) is 2.70. The molecule has 6 heteroatoms. The molecule has 0 aromatic heterocycles. The van der Waals surface area contributed by atoms with E-state index in [1.807, 2.05) is 0 Å². The predicted octanol–water partition coefficient (Wildman–Crippen LogP) is 2.60. The lowest BCUT2D eigenvalue weighted by Gasteiger charge is -2.23. The van der Waals surface area contributed by atoms with E-state index in [9.17, 15) is 14.7 Å². The molecule has 1 aliphatic heterocycles. The lowest BCUT2D eigenvalue weighted by molar-refractivity contribution is -0.160. The summed E-state index contributed by atoms with van der Waals surface area (Å²) in [6, 6.07) is 5.34. The normalized spacial score (nSPS) is 17.8. The first-order chi connectivity index (χ1) is 10.7. The molecule has 126 valence electrons. The largest absolute Gasteiger partial charge is 0.493 e. The molecule has 0 unspecified atom stereocenters. The van der Waals surface area contributed by atoms with E-state index in [0.717, 1.165) is 5.56 Å². The minimum Gasteiger partial charge on any atom is -0.493 e. The van der Waals surface area contributed by atoms with E-state index in [4.69, 9.17) is 14.2 Å². The first kappa shape index (κ1) is 17.1. The predicted molar refractivity (Wildman–Crippen MR) is 82.8 cm³/mol. The molecule has 2 rings (SSSR count). The van der Waals surface area contributed by atoms with Crippen LogP contribution >= 0.6 is 0 Å². The number of hydrogen-bond acceptors (Lipinski definition) is 5. The Balaban J connectivity index is 2.22. The Kier molecular flexibility index (Phi) is 4.82. The topological polar surface area (TPSA) is 82.1 Å². The lowest BCUT2D eigenvalue weighted by atomic mass is 9.85.